The SMILES string of the molecule is CCN(CC)c1ccc(C2Nc3ccccc3N=C(C)C2C(=O)CC(C)c2ccc(OC)cc2OC)cc1. The molecule has 0 aromatic heterocycles. The van der Waals surface area contributed by atoms with Gasteiger partial charge < -0.3 is 19.7 Å². The van der Waals surface area contributed by atoms with E-state index < -0.39 is 5.92 Å². The van der Waals surface area contributed by atoms with E-state index in [2.05, 4.69) is 55.3 Å². The number of fused-ring (bicyclic) bond motifs is 1. The summed E-state index contributed by atoms with van der Waals surface area (Å²) >= 11 is 0. The number of ether oxygens (including phenoxy) is 2. The second-order valence-corrected chi connectivity index (χ2v) is 9.81. The molecule has 0 spiro atoms. The molecule has 0 bridgehead atoms. The van der Waals surface area contributed by atoms with Gasteiger partial charge in [0.25, 0.3) is 0 Å². The Balaban J connectivity index is 1.68. The van der Waals surface area contributed by atoms with Crippen LogP contribution in [0.25, 0.3) is 0 Å². The molecule has 1 aliphatic heterocycles. The van der Waals surface area contributed by atoms with Crippen LogP contribution in [0, 0.1) is 5.92 Å². The van der Waals surface area contributed by atoms with Crippen molar-refractivity contribution in [1.82, 2.24) is 0 Å². The van der Waals surface area contributed by atoms with Gasteiger partial charge in [0, 0.05) is 37.0 Å². The Hall–Kier alpha value is -3.80. The maximum Gasteiger partial charge on any atom is 0.144 e. The van der Waals surface area contributed by atoms with Crippen LogP contribution in [0.15, 0.2) is 71.7 Å². The minimum absolute atomic E-state index is 0.0347. The van der Waals surface area contributed by atoms with E-state index in [-0.39, 0.29) is 17.7 Å². The quantitative estimate of drug-likeness (QED) is 0.311. The van der Waals surface area contributed by atoms with Crippen LogP contribution in [0.3, 0.4) is 0 Å². The van der Waals surface area contributed by atoms with E-state index in [9.17, 15) is 4.79 Å². The standard InChI is InChI=1S/C32H39N3O3/c1-7-35(8-2)24-15-13-23(14-16-24)32-31(22(4)33-27-11-9-10-12-28(27)34-32)29(36)19-21(3)26-18-17-25(37-5)20-30(26)38-6/h9-18,20-21,31-32,34H,7-8,19H2,1-6H3. The predicted molar refractivity (Wildman–Crippen MR) is 157 cm³/mol. The molecule has 3 aromatic rings. The number of carbonyl (C=O) groups is 1. The number of para-hydroxylation sites is 2. The van der Waals surface area contributed by atoms with Gasteiger partial charge in [-0.05, 0) is 68.1 Å². The molecule has 0 saturated carbocycles. The van der Waals surface area contributed by atoms with Gasteiger partial charge in [0.1, 0.15) is 17.3 Å². The zero-order chi connectivity index (χ0) is 27.2. The third kappa shape index (κ3) is 5.69. The highest BCUT2D eigenvalue weighted by molar-refractivity contribution is 6.07. The van der Waals surface area contributed by atoms with Crippen molar-refractivity contribution in [2.24, 2.45) is 10.9 Å². The summed E-state index contributed by atoms with van der Waals surface area (Å²) in [6.45, 7) is 10.3. The van der Waals surface area contributed by atoms with Crippen LogP contribution in [0.2, 0.25) is 0 Å². The molecule has 200 valence electrons. The molecule has 0 fully saturated rings. The van der Waals surface area contributed by atoms with Gasteiger partial charge in [0.15, 0.2) is 0 Å². The van der Waals surface area contributed by atoms with E-state index in [0.717, 1.165) is 52.8 Å². The third-order valence-corrected chi connectivity index (χ3v) is 7.50. The number of nitrogens with zero attached hydrogens (tertiary/aromatic N) is 2. The van der Waals surface area contributed by atoms with Crippen molar-refractivity contribution in [3.05, 3.63) is 77.9 Å². The Labute approximate surface area is 226 Å². The number of Topliss-reactive ketones (excluding diaryl/α,β-unsaturated/α-hetero) is 1. The van der Waals surface area contributed by atoms with Crippen molar-refractivity contribution in [3.63, 3.8) is 0 Å². The topological polar surface area (TPSA) is 63.2 Å². The Kier molecular flexibility index (Phi) is 8.72. The number of rotatable bonds is 10. The summed E-state index contributed by atoms with van der Waals surface area (Å²) in [5.41, 5.74) is 5.85. The lowest BCUT2D eigenvalue weighted by Gasteiger charge is -2.29. The van der Waals surface area contributed by atoms with Crippen LogP contribution < -0.4 is 19.7 Å². The van der Waals surface area contributed by atoms with E-state index >= 15 is 0 Å². The van der Waals surface area contributed by atoms with Crippen molar-refractivity contribution < 1.29 is 14.3 Å². The number of ketones is 1. The zero-order valence-electron chi connectivity index (χ0n) is 23.3. The highest BCUT2D eigenvalue weighted by Gasteiger charge is 2.35. The van der Waals surface area contributed by atoms with E-state index in [1.165, 1.54) is 5.69 Å². The molecule has 6 nitrogen and oxygen atoms in total. The van der Waals surface area contributed by atoms with Gasteiger partial charge >= 0.3 is 0 Å². The Morgan fingerprint density at radius 3 is 2.37 bits per heavy atom. The van der Waals surface area contributed by atoms with Gasteiger partial charge in [-0.25, -0.2) is 0 Å². The van der Waals surface area contributed by atoms with Crippen LogP contribution in [0.5, 0.6) is 11.5 Å². The van der Waals surface area contributed by atoms with Crippen LogP contribution in [0.1, 0.15) is 57.2 Å². The number of hydrogen-bond donors (Lipinski definition) is 1. The summed E-state index contributed by atoms with van der Waals surface area (Å²) in [6, 6.07) is 22.1. The molecule has 3 aromatic carbocycles. The molecule has 3 atom stereocenters. The maximum absolute atomic E-state index is 14.1. The van der Waals surface area contributed by atoms with Crippen molar-refractivity contribution in [1.29, 1.82) is 0 Å². The van der Waals surface area contributed by atoms with Crippen LogP contribution in [0.4, 0.5) is 17.1 Å². The fraction of sp³-hybridized carbons (Fsp3) is 0.375. The lowest BCUT2D eigenvalue weighted by molar-refractivity contribution is -0.121. The summed E-state index contributed by atoms with van der Waals surface area (Å²) in [4.78, 5) is 21.3. The molecule has 0 saturated heterocycles. The van der Waals surface area contributed by atoms with Crippen molar-refractivity contribution in [2.45, 2.75) is 46.1 Å². The smallest absolute Gasteiger partial charge is 0.144 e. The number of methoxy groups -OCH3 is 2. The third-order valence-electron chi connectivity index (χ3n) is 7.50. The second-order valence-electron chi connectivity index (χ2n) is 9.81. The fourth-order valence-corrected chi connectivity index (χ4v) is 5.38. The summed E-state index contributed by atoms with van der Waals surface area (Å²) in [7, 11) is 3.28. The number of hydrogen-bond acceptors (Lipinski definition) is 6. The summed E-state index contributed by atoms with van der Waals surface area (Å²) in [5, 5.41) is 3.67. The van der Waals surface area contributed by atoms with Crippen molar-refractivity contribution in [2.75, 3.05) is 37.5 Å². The highest BCUT2D eigenvalue weighted by atomic mass is 16.5. The molecule has 6 heteroatoms. The number of benzene rings is 3. The van der Waals surface area contributed by atoms with Crippen molar-refractivity contribution in [3.8, 4) is 11.5 Å². The first-order valence-electron chi connectivity index (χ1n) is 13.4. The number of aliphatic imine (C=N–C) groups is 1. The zero-order valence-corrected chi connectivity index (χ0v) is 23.3. The van der Waals surface area contributed by atoms with Crippen molar-refractivity contribution >= 4 is 28.6 Å². The number of nitrogens with one attached hydrogen (secondary N) is 1. The Bertz CT molecular complexity index is 1280. The molecule has 1 heterocycles. The van der Waals surface area contributed by atoms with Crippen LogP contribution in [-0.4, -0.2) is 38.8 Å². The first kappa shape index (κ1) is 27.2. The monoisotopic (exact) mass is 513 g/mol. The van der Waals surface area contributed by atoms with Gasteiger partial charge in [-0.3, -0.25) is 9.79 Å². The largest absolute Gasteiger partial charge is 0.497 e. The summed E-state index contributed by atoms with van der Waals surface area (Å²) < 4.78 is 11.0. The molecular weight excluding hydrogens is 474 g/mol. The van der Waals surface area contributed by atoms with Gasteiger partial charge in [0.2, 0.25) is 0 Å². The van der Waals surface area contributed by atoms with Gasteiger partial charge in [-0.15, -0.1) is 0 Å². The molecule has 3 unspecified atom stereocenters. The molecular formula is C32H39N3O3. The molecule has 1 aliphatic rings. The lowest BCUT2D eigenvalue weighted by Crippen LogP contribution is -2.33. The van der Waals surface area contributed by atoms with Crippen LogP contribution in [-0.2, 0) is 4.79 Å². The minimum Gasteiger partial charge on any atom is -0.497 e. The van der Waals surface area contributed by atoms with E-state index in [0.29, 0.717) is 6.42 Å². The molecule has 0 aliphatic carbocycles. The first-order chi connectivity index (χ1) is 18.4. The minimum atomic E-state index is -0.409. The van der Waals surface area contributed by atoms with Gasteiger partial charge in [-0.1, -0.05) is 37.3 Å². The van der Waals surface area contributed by atoms with E-state index in [1.807, 2.05) is 49.4 Å². The fourth-order valence-electron chi connectivity index (χ4n) is 5.38. The Morgan fingerprint density at radius 2 is 1.71 bits per heavy atom. The predicted octanol–water partition coefficient (Wildman–Crippen LogP) is 7.19. The van der Waals surface area contributed by atoms with E-state index in [4.69, 9.17) is 14.5 Å². The van der Waals surface area contributed by atoms with E-state index in [1.54, 1.807) is 14.2 Å². The molecule has 1 N–H and O–H groups in total. The average molecular weight is 514 g/mol. The van der Waals surface area contributed by atoms with Crippen LogP contribution >= 0.6 is 0 Å². The lowest BCUT2D eigenvalue weighted by atomic mass is 9.81. The first-order valence-corrected chi connectivity index (χ1v) is 13.4. The number of carbonyl (C=O) groups excluding carboxylic acids is 1. The average Bonchev–Trinajstić information content (AvgIpc) is 3.09. The van der Waals surface area contributed by atoms with Gasteiger partial charge in [0.05, 0.1) is 37.6 Å². The highest BCUT2D eigenvalue weighted by Crippen LogP contribution is 2.40. The maximum atomic E-state index is 14.1. The number of anilines is 2. The normalized spacial score (nSPS) is 17.4. The molecule has 38 heavy (non-hydrogen) atoms. The summed E-state index contributed by atoms with van der Waals surface area (Å²) in [5.74, 6) is 1.16. The summed E-state index contributed by atoms with van der Waals surface area (Å²) in [6.07, 6.45) is 0.367. The Morgan fingerprint density at radius 1 is 1.00 bits per heavy atom. The second kappa shape index (κ2) is 12.2. The molecule has 4 rings (SSSR count). The van der Waals surface area contributed by atoms with Gasteiger partial charge in [-0.2, -0.15) is 0 Å². The molecule has 0 radical (unpaired) electrons. The molecule has 0 amide bonds.